The van der Waals surface area contributed by atoms with Crippen LogP contribution in [0.1, 0.15) is 200 Å². The molecule has 0 saturated heterocycles. The predicted octanol–water partition coefficient (Wildman–Crippen LogP) is 11.2. The van der Waals surface area contributed by atoms with Crippen LogP contribution in [-0.2, 0) is 19.1 Å². The van der Waals surface area contributed by atoms with Gasteiger partial charge in [0.25, 0.3) is 0 Å². The smallest absolute Gasteiger partial charge is 0.306 e. The van der Waals surface area contributed by atoms with Crippen LogP contribution in [-0.4, -0.2) is 58.8 Å². The van der Waals surface area contributed by atoms with Crippen LogP contribution in [0.15, 0.2) is 36.5 Å². The summed E-state index contributed by atoms with van der Waals surface area (Å²) in [5, 5.41) is 30.0. The molecule has 0 aliphatic carbocycles. The van der Waals surface area contributed by atoms with E-state index in [0.29, 0.717) is 19.3 Å². The molecule has 0 aliphatic rings. The molecule has 0 spiro atoms. The summed E-state index contributed by atoms with van der Waals surface area (Å²) in [6.45, 7) is 3.87. The summed E-state index contributed by atoms with van der Waals surface area (Å²) in [6.07, 6.45) is 41.0. The van der Waals surface area contributed by atoms with Crippen LogP contribution < -0.4 is 0 Å². The van der Waals surface area contributed by atoms with Gasteiger partial charge in [0.2, 0.25) is 0 Å². The Balaban J connectivity index is 3.75. The molecule has 7 nitrogen and oxygen atoms in total. The maximum absolute atomic E-state index is 12.2. The fraction of sp³-hybridized carbons (Fsp3) is 0.818. The zero-order chi connectivity index (χ0) is 37.5. The van der Waals surface area contributed by atoms with Crippen LogP contribution in [0.25, 0.3) is 0 Å². The molecule has 3 N–H and O–H groups in total. The van der Waals surface area contributed by atoms with E-state index >= 15 is 0 Å². The van der Waals surface area contributed by atoms with Crippen LogP contribution in [0.3, 0.4) is 0 Å². The third kappa shape index (κ3) is 36.2. The van der Waals surface area contributed by atoms with E-state index in [9.17, 15) is 24.9 Å². The molecule has 0 fully saturated rings. The van der Waals surface area contributed by atoms with E-state index < -0.39 is 30.9 Å². The van der Waals surface area contributed by atoms with Crippen LogP contribution >= 0.6 is 0 Å². The maximum Gasteiger partial charge on any atom is 0.306 e. The first-order chi connectivity index (χ1) is 24.9. The summed E-state index contributed by atoms with van der Waals surface area (Å²) < 4.78 is 10.5. The van der Waals surface area contributed by atoms with Crippen molar-refractivity contribution in [1.82, 2.24) is 0 Å². The van der Waals surface area contributed by atoms with Crippen molar-refractivity contribution in [3.05, 3.63) is 36.5 Å². The lowest BCUT2D eigenvalue weighted by Gasteiger charge is -2.17. The van der Waals surface area contributed by atoms with E-state index in [1.807, 2.05) is 12.2 Å². The molecule has 298 valence electrons. The molecule has 2 unspecified atom stereocenters. The average Bonchev–Trinajstić information content (AvgIpc) is 3.13. The van der Waals surface area contributed by atoms with E-state index in [2.05, 4.69) is 38.2 Å². The molecule has 0 radical (unpaired) electrons. The van der Waals surface area contributed by atoms with Crippen molar-refractivity contribution in [3.63, 3.8) is 0 Å². The van der Waals surface area contributed by atoms with E-state index in [1.165, 1.54) is 116 Å². The summed E-state index contributed by atoms with van der Waals surface area (Å²) in [5.41, 5.74) is 0. The first-order valence-corrected chi connectivity index (χ1v) is 21.2. The predicted molar refractivity (Wildman–Crippen MR) is 213 cm³/mol. The van der Waals surface area contributed by atoms with Gasteiger partial charge in [-0.3, -0.25) is 9.59 Å². The quantitative estimate of drug-likeness (QED) is 0.0330. The molecular weight excluding hydrogens is 640 g/mol. The molecular formula is C44H80O7. The monoisotopic (exact) mass is 721 g/mol. The Morgan fingerprint density at radius 2 is 0.980 bits per heavy atom. The Morgan fingerprint density at radius 3 is 1.51 bits per heavy atom. The van der Waals surface area contributed by atoms with Crippen molar-refractivity contribution < 1.29 is 34.4 Å². The highest BCUT2D eigenvalue weighted by atomic mass is 16.6. The SMILES string of the molecule is CCCCC/C=C\C/C=C\C/C=C\CC(O)C(O)CCCC(=O)OC[C@H](CO)OC(=O)CCCCCCCCCCCCCCCCCCCC. The van der Waals surface area contributed by atoms with E-state index in [0.717, 1.165) is 38.5 Å². The molecule has 0 aromatic carbocycles. The minimum Gasteiger partial charge on any atom is -0.462 e. The summed E-state index contributed by atoms with van der Waals surface area (Å²) in [6, 6.07) is 0. The number of aliphatic hydroxyl groups excluding tert-OH is 3. The number of carbonyl (C=O) groups excluding carboxylic acids is 2. The molecule has 0 saturated carbocycles. The number of hydrogen-bond donors (Lipinski definition) is 3. The van der Waals surface area contributed by atoms with Gasteiger partial charge in [0.1, 0.15) is 6.61 Å². The number of esters is 2. The highest BCUT2D eigenvalue weighted by Crippen LogP contribution is 2.15. The molecule has 0 rings (SSSR count). The molecule has 0 heterocycles. The highest BCUT2D eigenvalue weighted by molar-refractivity contribution is 5.70. The molecule has 3 atom stereocenters. The Kier molecular flexibility index (Phi) is 37.7. The molecule has 0 amide bonds. The summed E-state index contributed by atoms with van der Waals surface area (Å²) in [4.78, 5) is 24.3. The molecule has 7 heteroatoms. The third-order valence-electron chi connectivity index (χ3n) is 9.39. The Labute approximate surface area is 313 Å². The summed E-state index contributed by atoms with van der Waals surface area (Å²) in [7, 11) is 0. The minimum absolute atomic E-state index is 0.0723. The van der Waals surface area contributed by atoms with Gasteiger partial charge in [-0.05, 0) is 51.4 Å². The van der Waals surface area contributed by atoms with Gasteiger partial charge >= 0.3 is 11.9 Å². The highest BCUT2D eigenvalue weighted by Gasteiger charge is 2.18. The molecule has 0 aromatic heterocycles. The van der Waals surface area contributed by atoms with E-state index in [1.54, 1.807) is 0 Å². The van der Waals surface area contributed by atoms with Gasteiger partial charge in [-0.2, -0.15) is 0 Å². The minimum atomic E-state index is -0.929. The largest absolute Gasteiger partial charge is 0.462 e. The van der Waals surface area contributed by atoms with E-state index in [-0.39, 0.29) is 25.4 Å². The standard InChI is InChI=1S/C44H80O7/c1-3-5-7-9-11-13-15-17-18-19-20-21-22-24-26-28-30-32-36-44(49)51-40(38-45)39-50-43(48)37-33-35-42(47)41(46)34-31-29-27-25-23-16-14-12-10-8-6-4-2/h12,14,23,25,29,31,40-42,45-47H,3-11,13,15-22,24,26-28,30,32-39H2,1-2H3/b14-12-,25-23-,31-29-/t40-,41?,42?/m0/s1. The van der Waals surface area contributed by atoms with Crippen LogP contribution in [0.4, 0.5) is 0 Å². The summed E-state index contributed by atoms with van der Waals surface area (Å²) in [5.74, 6) is -0.869. The van der Waals surface area contributed by atoms with Crippen molar-refractivity contribution in [1.29, 1.82) is 0 Å². The molecule has 0 aromatic rings. The second kappa shape index (κ2) is 39.3. The van der Waals surface area contributed by atoms with Crippen molar-refractivity contribution >= 4 is 11.9 Å². The topological polar surface area (TPSA) is 113 Å². The number of unbranched alkanes of at least 4 members (excludes halogenated alkanes) is 20. The Hall–Kier alpha value is -1.96. The van der Waals surface area contributed by atoms with Crippen LogP contribution in [0.2, 0.25) is 0 Å². The lowest BCUT2D eigenvalue weighted by atomic mass is 10.0. The number of allylic oxidation sites excluding steroid dienone is 5. The van der Waals surface area contributed by atoms with Gasteiger partial charge in [-0.15, -0.1) is 0 Å². The van der Waals surface area contributed by atoms with E-state index in [4.69, 9.17) is 9.47 Å². The second-order valence-corrected chi connectivity index (χ2v) is 14.4. The van der Waals surface area contributed by atoms with Crippen molar-refractivity contribution in [2.75, 3.05) is 13.2 Å². The first-order valence-electron chi connectivity index (χ1n) is 21.2. The van der Waals surface area contributed by atoms with Gasteiger partial charge in [0, 0.05) is 12.8 Å². The first kappa shape index (κ1) is 49.0. The normalized spacial score (nSPS) is 13.7. The fourth-order valence-electron chi connectivity index (χ4n) is 6.01. The number of ether oxygens (including phenoxy) is 2. The second-order valence-electron chi connectivity index (χ2n) is 14.4. The molecule has 0 aliphatic heterocycles. The van der Waals surface area contributed by atoms with Gasteiger partial charge in [0.05, 0.1) is 18.8 Å². The van der Waals surface area contributed by atoms with Gasteiger partial charge < -0.3 is 24.8 Å². The van der Waals surface area contributed by atoms with Gasteiger partial charge in [-0.1, -0.05) is 172 Å². The zero-order valence-electron chi connectivity index (χ0n) is 33.1. The molecule has 0 bridgehead atoms. The van der Waals surface area contributed by atoms with Gasteiger partial charge in [0.15, 0.2) is 6.10 Å². The number of carbonyl (C=O) groups is 2. The van der Waals surface area contributed by atoms with Gasteiger partial charge in [-0.25, -0.2) is 0 Å². The Morgan fingerprint density at radius 1 is 0.529 bits per heavy atom. The van der Waals surface area contributed by atoms with Crippen molar-refractivity contribution in [2.45, 2.75) is 218 Å². The van der Waals surface area contributed by atoms with Crippen molar-refractivity contribution in [3.8, 4) is 0 Å². The van der Waals surface area contributed by atoms with Crippen molar-refractivity contribution in [2.24, 2.45) is 0 Å². The average molecular weight is 721 g/mol. The lowest BCUT2D eigenvalue weighted by Crippen LogP contribution is -2.28. The summed E-state index contributed by atoms with van der Waals surface area (Å²) >= 11 is 0. The molecule has 51 heavy (non-hydrogen) atoms. The lowest BCUT2D eigenvalue weighted by molar-refractivity contribution is -0.161. The van der Waals surface area contributed by atoms with Crippen LogP contribution in [0, 0.1) is 0 Å². The fourth-order valence-corrected chi connectivity index (χ4v) is 6.01. The maximum atomic E-state index is 12.2. The number of aliphatic hydroxyl groups is 3. The number of rotatable bonds is 38. The third-order valence-corrected chi connectivity index (χ3v) is 9.39. The Bertz CT molecular complexity index is 852. The zero-order valence-corrected chi connectivity index (χ0v) is 33.1. The number of hydrogen-bond acceptors (Lipinski definition) is 7. The van der Waals surface area contributed by atoms with Crippen LogP contribution in [0.5, 0.6) is 0 Å².